The fourth-order valence-corrected chi connectivity index (χ4v) is 2.89. The molecule has 110 valence electrons. The van der Waals surface area contributed by atoms with E-state index in [2.05, 4.69) is 0 Å². The van der Waals surface area contributed by atoms with E-state index < -0.39 is 11.9 Å². The molecule has 0 aliphatic carbocycles. The summed E-state index contributed by atoms with van der Waals surface area (Å²) >= 11 is 5.79. The summed E-state index contributed by atoms with van der Waals surface area (Å²) in [6.07, 6.45) is 1.01. The van der Waals surface area contributed by atoms with Crippen molar-refractivity contribution < 1.29 is 9.18 Å². The van der Waals surface area contributed by atoms with Gasteiger partial charge in [-0.3, -0.25) is 4.79 Å². The van der Waals surface area contributed by atoms with E-state index in [1.54, 1.807) is 17.0 Å². The molecule has 1 aromatic carbocycles. The van der Waals surface area contributed by atoms with E-state index in [-0.39, 0.29) is 11.9 Å². The minimum absolute atomic E-state index is 0.0414. The summed E-state index contributed by atoms with van der Waals surface area (Å²) in [5.41, 5.74) is 6.61. The number of halogens is 2. The summed E-state index contributed by atoms with van der Waals surface area (Å²) in [5, 5.41) is 0.345. The van der Waals surface area contributed by atoms with Crippen molar-refractivity contribution in [2.45, 2.75) is 38.8 Å². The molecular formula is C15H20ClFN2O. The van der Waals surface area contributed by atoms with E-state index in [9.17, 15) is 9.18 Å². The van der Waals surface area contributed by atoms with Gasteiger partial charge in [0.25, 0.3) is 0 Å². The SMILES string of the molecule is CC(C)CN1C(=O)CCC(N)C1c1ccc(Cl)cc1F. The second kappa shape index (κ2) is 6.10. The number of nitrogens with two attached hydrogens (primary N) is 1. The van der Waals surface area contributed by atoms with Gasteiger partial charge in [-0.1, -0.05) is 31.5 Å². The molecule has 0 bridgehead atoms. The fraction of sp³-hybridized carbons (Fsp3) is 0.533. The highest BCUT2D eigenvalue weighted by atomic mass is 35.5. The number of nitrogens with zero attached hydrogens (tertiary/aromatic N) is 1. The molecule has 2 unspecified atom stereocenters. The fourth-order valence-electron chi connectivity index (χ4n) is 2.73. The van der Waals surface area contributed by atoms with Gasteiger partial charge in [-0.25, -0.2) is 4.39 Å². The molecule has 1 fully saturated rings. The molecule has 1 amide bonds. The van der Waals surface area contributed by atoms with Crippen molar-refractivity contribution in [1.82, 2.24) is 4.90 Å². The van der Waals surface area contributed by atoms with Crippen LogP contribution in [0.3, 0.4) is 0 Å². The first kappa shape index (κ1) is 15.3. The van der Waals surface area contributed by atoms with Crippen molar-refractivity contribution in [3.63, 3.8) is 0 Å². The highest BCUT2D eigenvalue weighted by Crippen LogP contribution is 2.33. The highest BCUT2D eigenvalue weighted by molar-refractivity contribution is 6.30. The van der Waals surface area contributed by atoms with Gasteiger partial charge in [0, 0.05) is 29.6 Å². The quantitative estimate of drug-likeness (QED) is 0.932. The third-order valence-electron chi connectivity index (χ3n) is 3.60. The van der Waals surface area contributed by atoms with Gasteiger partial charge in [-0.05, 0) is 24.5 Å². The van der Waals surface area contributed by atoms with Crippen LogP contribution in [-0.4, -0.2) is 23.4 Å². The molecule has 1 saturated heterocycles. The first-order valence-electron chi connectivity index (χ1n) is 6.90. The summed E-state index contributed by atoms with van der Waals surface area (Å²) < 4.78 is 14.2. The monoisotopic (exact) mass is 298 g/mol. The maximum absolute atomic E-state index is 14.2. The van der Waals surface area contributed by atoms with Gasteiger partial charge < -0.3 is 10.6 Å². The maximum atomic E-state index is 14.2. The minimum Gasteiger partial charge on any atom is -0.334 e. The van der Waals surface area contributed by atoms with Crippen LogP contribution >= 0.6 is 11.6 Å². The van der Waals surface area contributed by atoms with Crippen LogP contribution in [0.25, 0.3) is 0 Å². The molecule has 0 spiro atoms. The molecule has 1 aromatic rings. The van der Waals surface area contributed by atoms with Crippen LogP contribution in [0, 0.1) is 11.7 Å². The molecule has 3 nitrogen and oxygen atoms in total. The maximum Gasteiger partial charge on any atom is 0.223 e. The molecule has 1 aliphatic rings. The van der Waals surface area contributed by atoms with Gasteiger partial charge in [-0.15, -0.1) is 0 Å². The topological polar surface area (TPSA) is 46.3 Å². The van der Waals surface area contributed by atoms with Crippen LogP contribution in [0.5, 0.6) is 0 Å². The predicted molar refractivity (Wildman–Crippen MR) is 77.9 cm³/mol. The Morgan fingerprint density at radius 2 is 2.20 bits per heavy atom. The van der Waals surface area contributed by atoms with E-state index >= 15 is 0 Å². The van der Waals surface area contributed by atoms with Crippen LogP contribution in [0.1, 0.15) is 38.3 Å². The van der Waals surface area contributed by atoms with Gasteiger partial charge in [0.05, 0.1) is 6.04 Å². The lowest BCUT2D eigenvalue weighted by atomic mass is 9.89. The number of rotatable bonds is 3. The van der Waals surface area contributed by atoms with E-state index in [1.807, 2.05) is 13.8 Å². The number of benzene rings is 1. The lowest BCUT2D eigenvalue weighted by Gasteiger charge is -2.41. The number of piperidine rings is 1. The van der Waals surface area contributed by atoms with Gasteiger partial charge >= 0.3 is 0 Å². The molecule has 0 saturated carbocycles. The number of hydrogen-bond acceptors (Lipinski definition) is 2. The Morgan fingerprint density at radius 1 is 1.50 bits per heavy atom. The van der Waals surface area contributed by atoms with Crippen molar-refractivity contribution in [3.05, 3.63) is 34.6 Å². The van der Waals surface area contributed by atoms with E-state index in [4.69, 9.17) is 17.3 Å². The summed E-state index contributed by atoms with van der Waals surface area (Å²) in [5.74, 6) is -0.0525. The average Bonchev–Trinajstić information content (AvgIpc) is 2.35. The van der Waals surface area contributed by atoms with Crippen molar-refractivity contribution in [2.75, 3.05) is 6.54 Å². The average molecular weight is 299 g/mol. The molecule has 0 radical (unpaired) electrons. The molecule has 2 rings (SSSR count). The number of carbonyl (C=O) groups is 1. The molecular weight excluding hydrogens is 279 g/mol. The first-order chi connectivity index (χ1) is 9.40. The number of hydrogen-bond donors (Lipinski definition) is 1. The van der Waals surface area contributed by atoms with Crippen molar-refractivity contribution in [2.24, 2.45) is 11.7 Å². The lowest BCUT2D eigenvalue weighted by molar-refractivity contribution is -0.138. The second-order valence-electron chi connectivity index (χ2n) is 5.75. The number of carbonyl (C=O) groups excluding carboxylic acids is 1. The number of likely N-dealkylation sites (tertiary alicyclic amines) is 1. The predicted octanol–water partition coefficient (Wildman–Crippen LogP) is 3.13. The van der Waals surface area contributed by atoms with E-state index in [1.165, 1.54) is 6.07 Å². The minimum atomic E-state index is -0.407. The largest absolute Gasteiger partial charge is 0.334 e. The van der Waals surface area contributed by atoms with Crippen LogP contribution in [0.15, 0.2) is 18.2 Å². The molecule has 1 heterocycles. The van der Waals surface area contributed by atoms with Crippen LogP contribution in [0.4, 0.5) is 4.39 Å². The highest BCUT2D eigenvalue weighted by Gasteiger charge is 2.36. The third-order valence-corrected chi connectivity index (χ3v) is 3.83. The van der Waals surface area contributed by atoms with Crippen molar-refractivity contribution in [3.8, 4) is 0 Å². The molecule has 2 atom stereocenters. The normalized spacial score (nSPS) is 23.5. The first-order valence-corrected chi connectivity index (χ1v) is 7.28. The Kier molecular flexibility index (Phi) is 4.66. The van der Waals surface area contributed by atoms with Gasteiger partial charge in [0.2, 0.25) is 5.91 Å². The number of amides is 1. The Bertz CT molecular complexity index is 507. The zero-order chi connectivity index (χ0) is 14.9. The Hall–Kier alpha value is -1.13. The van der Waals surface area contributed by atoms with Crippen molar-refractivity contribution in [1.29, 1.82) is 0 Å². The smallest absolute Gasteiger partial charge is 0.223 e. The van der Waals surface area contributed by atoms with Crippen LogP contribution in [0.2, 0.25) is 5.02 Å². The molecule has 20 heavy (non-hydrogen) atoms. The van der Waals surface area contributed by atoms with Gasteiger partial charge in [0.15, 0.2) is 0 Å². The zero-order valence-corrected chi connectivity index (χ0v) is 12.5. The standard InChI is InChI=1S/C15H20ClFN2O/c1-9(2)8-19-14(20)6-5-13(18)15(19)11-4-3-10(16)7-12(11)17/h3-4,7,9,13,15H,5-6,8,18H2,1-2H3. The summed E-state index contributed by atoms with van der Waals surface area (Å²) in [6, 6.07) is 3.89. The van der Waals surface area contributed by atoms with Crippen LogP contribution < -0.4 is 5.73 Å². The van der Waals surface area contributed by atoms with E-state index in [0.29, 0.717) is 35.9 Å². The summed E-state index contributed by atoms with van der Waals surface area (Å²) in [4.78, 5) is 13.9. The summed E-state index contributed by atoms with van der Waals surface area (Å²) in [6.45, 7) is 4.64. The van der Waals surface area contributed by atoms with E-state index in [0.717, 1.165) is 0 Å². The molecule has 2 N–H and O–H groups in total. The lowest BCUT2D eigenvalue weighted by Crippen LogP contribution is -2.50. The molecule has 1 aliphatic heterocycles. The third kappa shape index (κ3) is 3.13. The molecule has 5 heteroatoms. The van der Waals surface area contributed by atoms with Gasteiger partial charge in [0.1, 0.15) is 5.82 Å². The van der Waals surface area contributed by atoms with Crippen molar-refractivity contribution >= 4 is 17.5 Å². The molecule has 0 aromatic heterocycles. The Morgan fingerprint density at radius 3 is 2.80 bits per heavy atom. The Labute approximate surface area is 123 Å². The van der Waals surface area contributed by atoms with Crippen LogP contribution in [-0.2, 0) is 4.79 Å². The Balaban J connectivity index is 2.39. The zero-order valence-electron chi connectivity index (χ0n) is 11.8. The summed E-state index contributed by atoms with van der Waals surface area (Å²) in [7, 11) is 0. The van der Waals surface area contributed by atoms with Gasteiger partial charge in [-0.2, -0.15) is 0 Å². The second-order valence-corrected chi connectivity index (χ2v) is 6.19.